The van der Waals surface area contributed by atoms with E-state index in [0.717, 1.165) is 21.0 Å². The van der Waals surface area contributed by atoms with Crippen molar-refractivity contribution < 1.29 is 9.18 Å². The molecule has 0 saturated heterocycles. The third-order valence-corrected chi connectivity index (χ3v) is 3.94. The van der Waals surface area contributed by atoms with Crippen LogP contribution in [0, 0.1) is 5.82 Å². The van der Waals surface area contributed by atoms with Gasteiger partial charge in [-0.1, -0.05) is 18.2 Å². The van der Waals surface area contributed by atoms with Gasteiger partial charge in [-0.05, 0) is 30.3 Å². The van der Waals surface area contributed by atoms with Crippen LogP contribution in [0.15, 0.2) is 59.5 Å². The van der Waals surface area contributed by atoms with E-state index in [2.05, 4.69) is 15.4 Å². The first-order valence-electron chi connectivity index (χ1n) is 7.64. The summed E-state index contributed by atoms with van der Waals surface area (Å²) in [6.07, 6.45) is 1.57. The van der Waals surface area contributed by atoms with Gasteiger partial charge >= 0.3 is 0 Å². The molecule has 2 aromatic heterocycles. The Morgan fingerprint density at radius 2 is 1.88 bits per heavy atom. The summed E-state index contributed by atoms with van der Waals surface area (Å²) >= 11 is 0. The molecule has 0 fully saturated rings. The highest BCUT2D eigenvalue weighted by Gasteiger charge is 2.12. The Bertz CT molecular complexity index is 1150. The fraction of sp³-hybridized carbons (Fsp3) is 0.0556. The van der Waals surface area contributed by atoms with E-state index in [1.54, 1.807) is 6.20 Å². The second-order valence-corrected chi connectivity index (χ2v) is 5.62. The second-order valence-electron chi connectivity index (χ2n) is 5.62. The summed E-state index contributed by atoms with van der Waals surface area (Å²) in [5.74, 6) is -0.809. The number of halogens is 1. The van der Waals surface area contributed by atoms with E-state index in [9.17, 15) is 14.0 Å². The lowest BCUT2D eigenvalue weighted by Gasteiger charge is -2.06. The second kappa shape index (κ2) is 5.86. The molecule has 25 heavy (non-hydrogen) atoms. The molecule has 2 heterocycles. The third-order valence-electron chi connectivity index (χ3n) is 3.94. The number of aromatic amines is 1. The standard InChI is InChI=1S/C18H13FN4O2/c19-11-5-7-12(8-6-11)21-16(24)10-23-18(25)17-14(9-20-23)13-3-1-2-4-15(13)22-17/h1-9,22H,10H2,(H,21,24). The van der Waals surface area contributed by atoms with Crippen LogP contribution in [0.5, 0.6) is 0 Å². The number of nitrogens with zero attached hydrogens (tertiary/aromatic N) is 2. The van der Waals surface area contributed by atoms with E-state index in [1.165, 1.54) is 24.3 Å². The molecule has 124 valence electrons. The largest absolute Gasteiger partial charge is 0.350 e. The number of carbonyl (C=O) groups excluding carboxylic acids is 1. The fourth-order valence-corrected chi connectivity index (χ4v) is 2.76. The molecular weight excluding hydrogens is 323 g/mol. The molecule has 0 aliphatic rings. The molecule has 0 aliphatic heterocycles. The van der Waals surface area contributed by atoms with Crippen LogP contribution in [0.4, 0.5) is 10.1 Å². The number of H-pyrrole nitrogens is 1. The first-order chi connectivity index (χ1) is 12.1. The smallest absolute Gasteiger partial charge is 0.291 e. The highest BCUT2D eigenvalue weighted by Crippen LogP contribution is 2.21. The Hall–Kier alpha value is -3.48. The first-order valence-corrected chi connectivity index (χ1v) is 7.64. The monoisotopic (exact) mass is 336 g/mol. The lowest BCUT2D eigenvalue weighted by Crippen LogP contribution is -2.29. The summed E-state index contributed by atoms with van der Waals surface area (Å²) in [7, 11) is 0. The summed E-state index contributed by atoms with van der Waals surface area (Å²) in [5.41, 5.74) is 1.32. The Morgan fingerprint density at radius 3 is 2.68 bits per heavy atom. The van der Waals surface area contributed by atoms with E-state index < -0.39 is 5.91 Å². The number of aromatic nitrogens is 3. The molecule has 6 nitrogen and oxygen atoms in total. The van der Waals surface area contributed by atoms with Crippen molar-refractivity contribution in [2.45, 2.75) is 6.54 Å². The molecule has 2 N–H and O–H groups in total. The van der Waals surface area contributed by atoms with Crippen LogP contribution in [0.2, 0.25) is 0 Å². The number of rotatable bonds is 3. The molecule has 0 atom stereocenters. The van der Waals surface area contributed by atoms with Gasteiger partial charge in [-0.3, -0.25) is 9.59 Å². The lowest BCUT2D eigenvalue weighted by atomic mass is 10.2. The molecule has 0 bridgehead atoms. The van der Waals surface area contributed by atoms with Crippen molar-refractivity contribution in [3.63, 3.8) is 0 Å². The fourth-order valence-electron chi connectivity index (χ4n) is 2.76. The van der Waals surface area contributed by atoms with Gasteiger partial charge in [0.15, 0.2) is 0 Å². The number of nitrogens with one attached hydrogen (secondary N) is 2. The molecule has 4 aromatic rings. The minimum atomic E-state index is -0.420. The minimum Gasteiger partial charge on any atom is -0.350 e. The Labute approximate surface area is 140 Å². The zero-order valence-corrected chi connectivity index (χ0v) is 13.0. The first kappa shape index (κ1) is 15.1. The average Bonchev–Trinajstić information content (AvgIpc) is 2.99. The van der Waals surface area contributed by atoms with Crippen LogP contribution in [0.25, 0.3) is 21.8 Å². The van der Waals surface area contributed by atoms with Crippen molar-refractivity contribution in [2.24, 2.45) is 0 Å². The number of anilines is 1. The Kier molecular flexibility index (Phi) is 3.53. The van der Waals surface area contributed by atoms with Crippen molar-refractivity contribution in [1.29, 1.82) is 0 Å². The van der Waals surface area contributed by atoms with Crippen LogP contribution >= 0.6 is 0 Å². The number of hydrogen-bond donors (Lipinski definition) is 2. The van der Waals surface area contributed by atoms with Crippen LogP contribution in [-0.2, 0) is 11.3 Å². The molecule has 0 spiro atoms. The maximum atomic E-state index is 12.9. The van der Waals surface area contributed by atoms with E-state index in [0.29, 0.717) is 11.2 Å². The average molecular weight is 336 g/mol. The van der Waals surface area contributed by atoms with Crippen LogP contribution in [0.1, 0.15) is 0 Å². The van der Waals surface area contributed by atoms with Gasteiger partial charge in [-0.15, -0.1) is 0 Å². The van der Waals surface area contributed by atoms with Crippen LogP contribution in [0.3, 0.4) is 0 Å². The van der Waals surface area contributed by atoms with Crippen LogP contribution in [-0.4, -0.2) is 20.7 Å². The van der Waals surface area contributed by atoms with Gasteiger partial charge in [0.1, 0.15) is 17.9 Å². The zero-order chi connectivity index (χ0) is 17.4. The number of fused-ring (bicyclic) bond motifs is 3. The summed E-state index contributed by atoms with van der Waals surface area (Å²) < 4.78 is 14.0. The van der Waals surface area contributed by atoms with Gasteiger partial charge in [-0.25, -0.2) is 9.07 Å². The van der Waals surface area contributed by atoms with Crippen LogP contribution < -0.4 is 10.9 Å². The summed E-state index contributed by atoms with van der Waals surface area (Å²) in [6, 6.07) is 12.9. The number of para-hydroxylation sites is 1. The summed E-state index contributed by atoms with van der Waals surface area (Å²) in [5, 5.41) is 8.32. The lowest BCUT2D eigenvalue weighted by molar-refractivity contribution is -0.117. The van der Waals surface area contributed by atoms with Gasteiger partial charge in [-0.2, -0.15) is 5.10 Å². The molecule has 4 rings (SSSR count). The normalized spacial score (nSPS) is 11.1. The highest BCUT2D eigenvalue weighted by molar-refractivity contribution is 6.06. The van der Waals surface area contributed by atoms with Gasteiger partial charge < -0.3 is 10.3 Å². The van der Waals surface area contributed by atoms with E-state index in [4.69, 9.17) is 0 Å². The van der Waals surface area contributed by atoms with Crippen molar-refractivity contribution in [2.75, 3.05) is 5.32 Å². The van der Waals surface area contributed by atoms with E-state index >= 15 is 0 Å². The quantitative estimate of drug-likeness (QED) is 0.604. The SMILES string of the molecule is O=C(Cn1ncc2c([nH]c3ccccc32)c1=O)Nc1ccc(F)cc1. The highest BCUT2D eigenvalue weighted by atomic mass is 19.1. The maximum absolute atomic E-state index is 12.9. The van der Waals surface area contributed by atoms with Gasteiger partial charge in [0.2, 0.25) is 5.91 Å². The molecule has 2 aromatic carbocycles. The molecule has 0 radical (unpaired) electrons. The van der Waals surface area contributed by atoms with Gasteiger partial charge in [0.25, 0.3) is 5.56 Å². The molecule has 0 unspecified atom stereocenters. The topological polar surface area (TPSA) is 79.8 Å². The van der Waals surface area contributed by atoms with E-state index in [-0.39, 0.29) is 17.9 Å². The summed E-state index contributed by atoms with van der Waals surface area (Å²) in [4.78, 5) is 27.8. The van der Waals surface area contributed by atoms with Crippen molar-refractivity contribution >= 4 is 33.4 Å². The molecule has 1 amide bonds. The minimum absolute atomic E-state index is 0.235. The van der Waals surface area contributed by atoms with Crippen molar-refractivity contribution in [3.05, 3.63) is 70.9 Å². The number of benzene rings is 2. The number of amides is 1. The predicted octanol–water partition coefficient (Wildman–Crippen LogP) is 2.66. The van der Waals surface area contributed by atoms with Crippen molar-refractivity contribution in [1.82, 2.24) is 14.8 Å². The molecule has 0 saturated carbocycles. The Balaban J connectivity index is 1.64. The molecule has 7 heteroatoms. The predicted molar refractivity (Wildman–Crippen MR) is 92.9 cm³/mol. The third kappa shape index (κ3) is 2.76. The number of hydrogen-bond acceptors (Lipinski definition) is 3. The maximum Gasteiger partial charge on any atom is 0.291 e. The van der Waals surface area contributed by atoms with E-state index in [1.807, 2.05) is 24.3 Å². The van der Waals surface area contributed by atoms with Gasteiger partial charge in [0.05, 0.1) is 6.20 Å². The summed E-state index contributed by atoms with van der Waals surface area (Å²) in [6.45, 7) is -0.235. The van der Waals surface area contributed by atoms with Gasteiger partial charge in [0, 0.05) is 22.0 Å². The molecular formula is C18H13FN4O2. The Morgan fingerprint density at radius 1 is 1.12 bits per heavy atom. The zero-order valence-electron chi connectivity index (χ0n) is 13.0. The number of carbonyl (C=O) groups is 1. The molecule has 0 aliphatic carbocycles. The van der Waals surface area contributed by atoms with Crippen molar-refractivity contribution in [3.8, 4) is 0 Å².